The van der Waals surface area contributed by atoms with E-state index in [-0.39, 0.29) is 6.10 Å². The highest BCUT2D eigenvalue weighted by molar-refractivity contribution is 5.17. The van der Waals surface area contributed by atoms with Crippen molar-refractivity contribution >= 4 is 0 Å². The first-order chi connectivity index (χ1) is 13.3. The van der Waals surface area contributed by atoms with Crippen molar-refractivity contribution in [1.29, 1.82) is 0 Å². The van der Waals surface area contributed by atoms with Crippen LogP contribution in [0.25, 0.3) is 0 Å². The van der Waals surface area contributed by atoms with Crippen LogP contribution < -0.4 is 0 Å². The molecule has 1 unspecified atom stereocenters. The quantitative estimate of drug-likeness (QED) is 0.870. The number of rotatable bonds is 5. The molecule has 0 spiro atoms. The number of hydrogen-bond donors (Lipinski definition) is 1. The van der Waals surface area contributed by atoms with Crippen molar-refractivity contribution in [2.45, 2.75) is 43.6 Å². The average molecular weight is 372 g/mol. The van der Waals surface area contributed by atoms with Gasteiger partial charge in [0.25, 0.3) is 0 Å². The summed E-state index contributed by atoms with van der Waals surface area (Å²) in [6, 6.07) is 19.5. The minimum atomic E-state index is -0.963. The number of fused-ring (bicyclic) bond motifs is 1. The van der Waals surface area contributed by atoms with Gasteiger partial charge in [0, 0.05) is 12.7 Å². The van der Waals surface area contributed by atoms with E-state index in [1.807, 2.05) is 60.7 Å². The van der Waals surface area contributed by atoms with E-state index in [1.165, 1.54) is 7.11 Å². The molecule has 0 amide bonds. The molecular weight excluding hydrogens is 348 g/mol. The summed E-state index contributed by atoms with van der Waals surface area (Å²) in [6.45, 7) is 0.699. The van der Waals surface area contributed by atoms with Crippen molar-refractivity contribution in [1.82, 2.24) is 0 Å². The van der Waals surface area contributed by atoms with Crippen LogP contribution in [0.3, 0.4) is 0 Å². The Bertz CT molecular complexity index is 709. The Labute approximate surface area is 158 Å². The maximum absolute atomic E-state index is 10.7. The largest absolute Gasteiger partial charge is 0.385 e. The predicted octanol–water partition coefficient (Wildman–Crippen LogP) is 2.42. The number of aliphatic hydroxyl groups excluding tert-OH is 1. The van der Waals surface area contributed by atoms with Crippen LogP contribution in [0.1, 0.15) is 17.4 Å². The van der Waals surface area contributed by atoms with Gasteiger partial charge in [-0.1, -0.05) is 60.7 Å². The molecule has 2 aliphatic rings. The van der Waals surface area contributed by atoms with E-state index in [2.05, 4.69) is 0 Å². The lowest BCUT2D eigenvalue weighted by atomic mass is 9.97. The molecule has 0 aliphatic carbocycles. The zero-order chi connectivity index (χ0) is 18.6. The molecule has 0 aromatic heterocycles. The lowest BCUT2D eigenvalue weighted by Gasteiger charge is -2.47. The fourth-order valence-electron chi connectivity index (χ4n) is 3.49. The molecule has 0 saturated carbocycles. The molecule has 2 aromatic carbocycles. The molecule has 144 valence electrons. The Morgan fingerprint density at radius 2 is 1.70 bits per heavy atom. The minimum absolute atomic E-state index is 0.335. The second-order valence-corrected chi connectivity index (χ2v) is 6.71. The monoisotopic (exact) mass is 372 g/mol. The molecule has 2 aliphatic heterocycles. The SMILES string of the molecule is CO[C@H]1O[C@@H]2COC(c3ccccc3)O[C@H]2[C@@H](OCc2ccccc2)[C@H]1O. The van der Waals surface area contributed by atoms with Gasteiger partial charge in [0.15, 0.2) is 12.6 Å². The highest BCUT2D eigenvalue weighted by Crippen LogP contribution is 2.35. The van der Waals surface area contributed by atoms with Crippen molar-refractivity contribution in [3.05, 3.63) is 71.8 Å². The van der Waals surface area contributed by atoms with Crippen molar-refractivity contribution < 1.29 is 28.8 Å². The van der Waals surface area contributed by atoms with E-state index < -0.39 is 30.9 Å². The third-order valence-electron chi connectivity index (χ3n) is 4.90. The topological polar surface area (TPSA) is 66.4 Å². The summed E-state index contributed by atoms with van der Waals surface area (Å²) in [5.74, 6) is 0. The van der Waals surface area contributed by atoms with Gasteiger partial charge in [-0.05, 0) is 5.56 Å². The van der Waals surface area contributed by atoms with E-state index >= 15 is 0 Å². The maximum atomic E-state index is 10.7. The van der Waals surface area contributed by atoms with Crippen molar-refractivity contribution in [2.75, 3.05) is 13.7 Å². The van der Waals surface area contributed by atoms with Crippen LogP contribution in [0.15, 0.2) is 60.7 Å². The van der Waals surface area contributed by atoms with Gasteiger partial charge in [-0.15, -0.1) is 0 Å². The molecule has 0 radical (unpaired) electrons. The van der Waals surface area contributed by atoms with Crippen molar-refractivity contribution in [3.8, 4) is 0 Å². The van der Waals surface area contributed by atoms with Crippen LogP contribution in [0.4, 0.5) is 0 Å². The number of methoxy groups -OCH3 is 1. The molecule has 27 heavy (non-hydrogen) atoms. The van der Waals surface area contributed by atoms with E-state index in [0.717, 1.165) is 11.1 Å². The van der Waals surface area contributed by atoms with Gasteiger partial charge in [0.1, 0.15) is 24.4 Å². The number of aliphatic hydroxyl groups is 1. The number of hydrogen-bond acceptors (Lipinski definition) is 6. The predicted molar refractivity (Wildman–Crippen MR) is 96.7 cm³/mol. The van der Waals surface area contributed by atoms with Gasteiger partial charge in [0.05, 0.1) is 13.2 Å². The molecule has 6 atom stereocenters. The molecule has 2 fully saturated rings. The summed E-state index contributed by atoms with van der Waals surface area (Å²) in [5, 5.41) is 10.7. The highest BCUT2D eigenvalue weighted by Gasteiger charge is 2.50. The van der Waals surface area contributed by atoms with Crippen LogP contribution in [-0.2, 0) is 30.3 Å². The van der Waals surface area contributed by atoms with Gasteiger partial charge < -0.3 is 28.8 Å². The molecule has 2 aromatic rings. The van der Waals surface area contributed by atoms with E-state index in [1.54, 1.807) is 0 Å². The summed E-state index contributed by atoms with van der Waals surface area (Å²) < 4.78 is 29.2. The van der Waals surface area contributed by atoms with Gasteiger partial charge >= 0.3 is 0 Å². The number of ether oxygens (including phenoxy) is 5. The first-order valence-electron chi connectivity index (χ1n) is 9.10. The third-order valence-corrected chi connectivity index (χ3v) is 4.90. The molecule has 4 rings (SSSR count). The molecule has 0 bridgehead atoms. The van der Waals surface area contributed by atoms with Gasteiger partial charge in [0.2, 0.25) is 0 Å². The molecule has 2 heterocycles. The van der Waals surface area contributed by atoms with Crippen LogP contribution in [0, 0.1) is 0 Å². The molecule has 6 heteroatoms. The standard InChI is InChI=1S/C21H24O6/c1-23-21-17(22)19(24-12-14-8-4-2-5-9-14)18-16(26-21)13-25-20(27-18)15-10-6-3-7-11-15/h2-11,16-22H,12-13H2,1H3/t16-,17-,18-,19+,20?,21+/m1/s1. The molecular formula is C21H24O6. The summed E-state index contributed by atoms with van der Waals surface area (Å²) in [5.41, 5.74) is 1.94. The Morgan fingerprint density at radius 3 is 2.41 bits per heavy atom. The molecule has 1 N–H and O–H groups in total. The zero-order valence-electron chi connectivity index (χ0n) is 15.1. The zero-order valence-corrected chi connectivity index (χ0v) is 15.1. The summed E-state index contributed by atoms with van der Waals surface area (Å²) in [4.78, 5) is 0. The van der Waals surface area contributed by atoms with Crippen LogP contribution >= 0.6 is 0 Å². The van der Waals surface area contributed by atoms with Crippen molar-refractivity contribution in [3.63, 3.8) is 0 Å². The molecule has 6 nitrogen and oxygen atoms in total. The fraction of sp³-hybridized carbons (Fsp3) is 0.429. The summed E-state index contributed by atoms with van der Waals surface area (Å²) in [7, 11) is 1.50. The number of benzene rings is 2. The maximum Gasteiger partial charge on any atom is 0.186 e. The summed E-state index contributed by atoms with van der Waals surface area (Å²) >= 11 is 0. The van der Waals surface area contributed by atoms with Crippen LogP contribution in [-0.4, -0.2) is 49.5 Å². The highest BCUT2D eigenvalue weighted by atomic mass is 16.8. The Hall–Kier alpha value is -1.80. The van der Waals surface area contributed by atoms with E-state index in [4.69, 9.17) is 23.7 Å². The molecule has 2 saturated heterocycles. The first-order valence-corrected chi connectivity index (χ1v) is 9.10. The van der Waals surface area contributed by atoms with Gasteiger partial charge in [-0.2, -0.15) is 0 Å². The van der Waals surface area contributed by atoms with Gasteiger partial charge in [-0.25, -0.2) is 0 Å². The third kappa shape index (κ3) is 4.06. The second kappa shape index (κ2) is 8.48. The normalized spacial score (nSPS) is 33.4. The minimum Gasteiger partial charge on any atom is -0.385 e. The first kappa shape index (κ1) is 18.6. The fourth-order valence-corrected chi connectivity index (χ4v) is 3.49. The van der Waals surface area contributed by atoms with E-state index in [0.29, 0.717) is 13.2 Å². The Balaban J connectivity index is 1.51. The smallest absolute Gasteiger partial charge is 0.186 e. The van der Waals surface area contributed by atoms with Crippen molar-refractivity contribution in [2.24, 2.45) is 0 Å². The van der Waals surface area contributed by atoms with Crippen LogP contribution in [0.5, 0.6) is 0 Å². The van der Waals surface area contributed by atoms with Gasteiger partial charge in [-0.3, -0.25) is 0 Å². The lowest BCUT2D eigenvalue weighted by molar-refractivity contribution is -0.363. The second-order valence-electron chi connectivity index (χ2n) is 6.71. The van der Waals surface area contributed by atoms with Crippen LogP contribution in [0.2, 0.25) is 0 Å². The Kier molecular flexibility index (Phi) is 5.83. The average Bonchev–Trinajstić information content (AvgIpc) is 2.74. The van der Waals surface area contributed by atoms with E-state index in [9.17, 15) is 5.11 Å². The lowest BCUT2D eigenvalue weighted by Crippen LogP contribution is -2.62. The summed E-state index contributed by atoms with van der Waals surface area (Å²) in [6.07, 6.45) is -3.70. The Morgan fingerprint density at radius 1 is 1.00 bits per heavy atom.